The van der Waals surface area contributed by atoms with E-state index in [-0.39, 0.29) is 0 Å². The highest BCUT2D eigenvalue weighted by Crippen LogP contribution is 2.29. The maximum atomic E-state index is 11.5. The standard InChI is InChI=1S/C12H14Br2N2O2/c13-9-2-1-8(7-10(9)14)11(12(17)18)16-5-3-15-4-6-16/h1-2,7,11,15H,3-6H2,(H,17,18). The van der Waals surface area contributed by atoms with Crippen LogP contribution >= 0.6 is 31.9 Å². The number of carboxylic acids is 1. The number of rotatable bonds is 3. The van der Waals surface area contributed by atoms with Crippen LogP contribution in [-0.4, -0.2) is 42.2 Å². The molecule has 6 heteroatoms. The molecule has 1 heterocycles. The number of piperazine rings is 1. The number of nitrogens with zero attached hydrogens (tertiary/aromatic N) is 1. The summed E-state index contributed by atoms with van der Waals surface area (Å²) in [6.07, 6.45) is 0. The van der Waals surface area contributed by atoms with Gasteiger partial charge in [-0.3, -0.25) is 9.69 Å². The number of hydrogen-bond donors (Lipinski definition) is 2. The Morgan fingerprint density at radius 1 is 1.28 bits per heavy atom. The molecule has 1 unspecified atom stereocenters. The number of nitrogens with one attached hydrogen (secondary N) is 1. The fourth-order valence-electron chi connectivity index (χ4n) is 2.13. The van der Waals surface area contributed by atoms with Crippen molar-refractivity contribution in [1.29, 1.82) is 0 Å². The molecule has 98 valence electrons. The molecule has 1 atom stereocenters. The van der Waals surface area contributed by atoms with Crippen molar-refractivity contribution in [1.82, 2.24) is 10.2 Å². The van der Waals surface area contributed by atoms with Crippen LogP contribution in [0.15, 0.2) is 27.1 Å². The van der Waals surface area contributed by atoms with Crippen LogP contribution in [0.5, 0.6) is 0 Å². The molecule has 0 spiro atoms. The van der Waals surface area contributed by atoms with Gasteiger partial charge in [0.15, 0.2) is 0 Å². The van der Waals surface area contributed by atoms with Crippen molar-refractivity contribution < 1.29 is 9.90 Å². The van der Waals surface area contributed by atoms with Crippen molar-refractivity contribution in [3.05, 3.63) is 32.7 Å². The first-order valence-electron chi connectivity index (χ1n) is 5.72. The number of halogens is 2. The largest absolute Gasteiger partial charge is 0.480 e. The zero-order valence-corrected chi connectivity index (χ0v) is 12.9. The summed E-state index contributed by atoms with van der Waals surface area (Å²) in [7, 11) is 0. The highest BCUT2D eigenvalue weighted by atomic mass is 79.9. The van der Waals surface area contributed by atoms with E-state index in [2.05, 4.69) is 37.2 Å². The van der Waals surface area contributed by atoms with Gasteiger partial charge in [0, 0.05) is 35.1 Å². The average molecular weight is 378 g/mol. The number of hydrogen-bond acceptors (Lipinski definition) is 3. The van der Waals surface area contributed by atoms with Gasteiger partial charge >= 0.3 is 5.97 Å². The molecule has 0 saturated carbocycles. The third-order valence-corrected chi connectivity index (χ3v) is 4.89. The van der Waals surface area contributed by atoms with E-state index in [0.29, 0.717) is 0 Å². The van der Waals surface area contributed by atoms with Gasteiger partial charge in [-0.25, -0.2) is 0 Å². The normalized spacial score (nSPS) is 18.6. The molecule has 1 aromatic carbocycles. The summed E-state index contributed by atoms with van der Waals surface area (Å²) in [6.45, 7) is 3.18. The Bertz CT molecular complexity index is 448. The molecule has 1 aromatic rings. The molecule has 2 rings (SSSR count). The Hall–Kier alpha value is -0.430. The molecule has 1 saturated heterocycles. The van der Waals surface area contributed by atoms with E-state index in [4.69, 9.17) is 0 Å². The Morgan fingerprint density at radius 2 is 1.94 bits per heavy atom. The van der Waals surface area contributed by atoms with E-state index in [9.17, 15) is 9.90 Å². The molecule has 1 aliphatic rings. The Morgan fingerprint density at radius 3 is 2.50 bits per heavy atom. The molecule has 0 aromatic heterocycles. The minimum absolute atomic E-state index is 0.573. The third-order valence-electron chi connectivity index (χ3n) is 3.01. The molecule has 0 radical (unpaired) electrons. The van der Waals surface area contributed by atoms with Crippen LogP contribution < -0.4 is 5.32 Å². The Balaban J connectivity index is 2.28. The summed E-state index contributed by atoms with van der Waals surface area (Å²) >= 11 is 6.81. The van der Waals surface area contributed by atoms with E-state index in [1.54, 1.807) is 0 Å². The number of benzene rings is 1. The van der Waals surface area contributed by atoms with Crippen LogP contribution in [0.4, 0.5) is 0 Å². The van der Waals surface area contributed by atoms with Gasteiger partial charge in [-0.1, -0.05) is 6.07 Å². The fraction of sp³-hybridized carbons (Fsp3) is 0.417. The molecule has 4 nitrogen and oxygen atoms in total. The quantitative estimate of drug-likeness (QED) is 0.848. The van der Waals surface area contributed by atoms with Gasteiger partial charge in [-0.05, 0) is 49.6 Å². The first kappa shape index (κ1) is 14.0. The minimum atomic E-state index is -0.800. The van der Waals surface area contributed by atoms with Crippen LogP contribution in [-0.2, 0) is 4.79 Å². The first-order chi connectivity index (χ1) is 8.59. The van der Waals surface area contributed by atoms with Gasteiger partial charge in [-0.2, -0.15) is 0 Å². The van der Waals surface area contributed by atoms with Crippen molar-refractivity contribution in [3.63, 3.8) is 0 Å². The van der Waals surface area contributed by atoms with Crippen LogP contribution in [0.2, 0.25) is 0 Å². The summed E-state index contributed by atoms with van der Waals surface area (Å²) in [5, 5.41) is 12.7. The predicted octanol–water partition coefficient (Wildman–Crippen LogP) is 2.24. The number of aliphatic carboxylic acids is 1. The fourth-order valence-corrected chi connectivity index (χ4v) is 2.78. The van der Waals surface area contributed by atoms with E-state index in [1.165, 1.54) is 0 Å². The van der Waals surface area contributed by atoms with Gasteiger partial charge in [0.2, 0.25) is 0 Å². The summed E-state index contributed by atoms with van der Waals surface area (Å²) in [5.41, 5.74) is 0.805. The lowest BCUT2D eigenvalue weighted by Crippen LogP contribution is -2.47. The summed E-state index contributed by atoms with van der Waals surface area (Å²) < 4.78 is 1.80. The predicted molar refractivity (Wildman–Crippen MR) is 76.7 cm³/mol. The monoisotopic (exact) mass is 376 g/mol. The second kappa shape index (κ2) is 6.14. The summed E-state index contributed by atoms with van der Waals surface area (Å²) in [5.74, 6) is -0.800. The zero-order valence-electron chi connectivity index (χ0n) is 9.70. The highest BCUT2D eigenvalue weighted by Gasteiger charge is 2.28. The van der Waals surface area contributed by atoms with Crippen molar-refractivity contribution in [2.75, 3.05) is 26.2 Å². The third kappa shape index (κ3) is 3.12. The van der Waals surface area contributed by atoms with E-state index in [0.717, 1.165) is 40.7 Å². The van der Waals surface area contributed by atoms with Gasteiger partial charge < -0.3 is 10.4 Å². The summed E-state index contributed by atoms with van der Waals surface area (Å²) in [6, 6.07) is 5.02. The lowest BCUT2D eigenvalue weighted by Gasteiger charge is -2.32. The Labute approximate surface area is 123 Å². The maximum Gasteiger partial charge on any atom is 0.325 e. The number of carbonyl (C=O) groups is 1. The first-order valence-corrected chi connectivity index (χ1v) is 7.30. The SMILES string of the molecule is O=C(O)C(c1ccc(Br)c(Br)c1)N1CCNCC1. The van der Waals surface area contributed by atoms with Crippen LogP contribution in [0, 0.1) is 0 Å². The molecule has 18 heavy (non-hydrogen) atoms. The van der Waals surface area contributed by atoms with Crippen LogP contribution in [0.3, 0.4) is 0 Å². The molecular weight excluding hydrogens is 364 g/mol. The molecular formula is C12H14Br2N2O2. The molecule has 0 bridgehead atoms. The van der Waals surface area contributed by atoms with Crippen molar-refractivity contribution in [2.24, 2.45) is 0 Å². The lowest BCUT2D eigenvalue weighted by molar-refractivity contribution is -0.143. The maximum absolute atomic E-state index is 11.5. The Kier molecular flexibility index (Phi) is 4.77. The summed E-state index contributed by atoms with van der Waals surface area (Å²) in [4.78, 5) is 13.5. The molecule has 1 fully saturated rings. The topological polar surface area (TPSA) is 52.6 Å². The van der Waals surface area contributed by atoms with Crippen LogP contribution in [0.1, 0.15) is 11.6 Å². The van der Waals surface area contributed by atoms with E-state index in [1.807, 2.05) is 23.1 Å². The highest BCUT2D eigenvalue weighted by molar-refractivity contribution is 9.13. The number of carboxylic acid groups (broad SMARTS) is 1. The van der Waals surface area contributed by atoms with Gasteiger partial charge in [0.05, 0.1) is 0 Å². The molecule has 1 aliphatic heterocycles. The van der Waals surface area contributed by atoms with Crippen LogP contribution in [0.25, 0.3) is 0 Å². The van der Waals surface area contributed by atoms with Gasteiger partial charge in [0.1, 0.15) is 6.04 Å². The minimum Gasteiger partial charge on any atom is -0.480 e. The lowest BCUT2D eigenvalue weighted by atomic mass is 10.0. The molecule has 0 amide bonds. The molecule has 0 aliphatic carbocycles. The second-order valence-electron chi connectivity index (χ2n) is 4.20. The van der Waals surface area contributed by atoms with Crippen molar-refractivity contribution >= 4 is 37.8 Å². The van der Waals surface area contributed by atoms with E-state index < -0.39 is 12.0 Å². The van der Waals surface area contributed by atoms with Crippen molar-refractivity contribution in [2.45, 2.75) is 6.04 Å². The van der Waals surface area contributed by atoms with Crippen molar-refractivity contribution in [3.8, 4) is 0 Å². The average Bonchev–Trinajstić information content (AvgIpc) is 2.35. The molecule has 2 N–H and O–H groups in total. The smallest absolute Gasteiger partial charge is 0.325 e. The van der Waals surface area contributed by atoms with E-state index >= 15 is 0 Å². The zero-order chi connectivity index (χ0) is 13.1. The van der Waals surface area contributed by atoms with Gasteiger partial charge in [-0.15, -0.1) is 0 Å². The van der Waals surface area contributed by atoms with Gasteiger partial charge in [0.25, 0.3) is 0 Å². The second-order valence-corrected chi connectivity index (χ2v) is 5.91.